The number of carbonyl (C=O) groups excluding carboxylic acids is 3. The summed E-state index contributed by atoms with van der Waals surface area (Å²) in [6, 6.07) is -1.42. The largest absolute Gasteiger partial charge is 0.462 e. The molecule has 0 aliphatic carbocycles. The second-order valence-electron chi connectivity index (χ2n) is 6.20. The van der Waals surface area contributed by atoms with Crippen molar-refractivity contribution in [1.82, 2.24) is 5.32 Å². The smallest absolute Gasteiger partial charge is 0.341 e. The van der Waals surface area contributed by atoms with Crippen molar-refractivity contribution < 1.29 is 23.9 Å². The number of amides is 2. The minimum Gasteiger partial charge on any atom is -0.462 e. The zero-order valence-electron chi connectivity index (χ0n) is 14.8. The lowest BCUT2D eigenvalue weighted by molar-refractivity contribution is -0.156. The molecule has 0 aromatic carbocycles. The molecule has 1 heterocycles. The van der Waals surface area contributed by atoms with Crippen molar-refractivity contribution in [2.45, 2.75) is 60.6 Å². The Hall–Kier alpha value is -2.09. The Bertz CT molecular complexity index is 619. The van der Waals surface area contributed by atoms with E-state index in [1.807, 2.05) is 0 Å². The quantitative estimate of drug-likeness (QED) is 0.768. The van der Waals surface area contributed by atoms with Crippen LogP contribution in [0.1, 0.15) is 58.0 Å². The molecule has 1 atom stereocenters. The number of hydrogen-bond donors (Lipinski definition) is 2. The number of anilines is 1. The topological polar surface area (TPSA) is 93.7 Å². The van der Waals surface area contributed by atoms with E-state index in [9.17, 15) is 14.4 Å². The summed E-state index contributed by atoms with van der Waals surface area (Å²) in [5.41, 5.74) is 0.404. The second kappa shape index (κ2) is 9.41. The number of aryl methyl sites for hydroxylation is 1. The van der Waals surface area contributed by atoms with Crippen molar-refractivity contribution in [3.8, 4) is 0 Å². The zero-order chi connectivity index (χ0) is 18.5. The minimum atomic E-state index is -0.823. The van der Waals surface area contributed by atoms with E-state index in [0.29, 0.717) is 16.1 Å². The first-order valence-corrected chi connectivity index (χ1v) is 8.48. The Balaban J connectivity index is 0.00000576. The highest BCUT2D eigenvalue weighted by molar-refractivity contribution is 7.15. The van der Waals surface area contributed by atoms with Gasteiger partial charge in [-0.05, 0) is 52.5 Å². The third kappa shape index (κ3) is 7.13. The van der Waals surface area contributed by atoms with Crippen LogP contribution in [0.5, 0.6) is 0 Å². The molecule has 7 nitrogen and oxygen atoms in total. The highest BCUT2D eigenvalue weighted by Gasteiger charge is 2.24. The molecule has 1 aromatic rings. The number of thiophene rings is 1. The number of nitrogens with one attached hydrogen (secondary N) is 2. The molecule has 25 heavy (non-hydrogen) atoms. The van der Waals surface area contributed by atoms with Crippen LogP contribution in [0.15, 0.2) is 5.38 Å². The SMILES string of the molecule is C.CCOC(=O)c1c(C)csc1NC(=O)NC(C)C(=O)OC(C)(C)C. The monoisotopic (exact) mass is 372 g/mol. The number of hydrogen-bond acceptors (Lipinski definition) is 6. The van der Waals surface area contributed by atoms with Gasteiger partial charge < -0.3 is 14.8 Å². The van der Waals surface area contributed by atoms with Gasteiger partial charge >= 0.3 is 18.0 Å². The fourth-order valence-corrected chi connectivity index (χ4v) is 2.70. The Morgan fingerprint density at radius 3 is 2.40 bits per heavy atom. The predicted octanol–water partition coefficient (Wildman–Crippen LogP) is 3.72. The van der Waals surface area contributed by atoms with Crippen molar-refractivity contribution in [2.24, 2.45) is 0 Å². The van der Waals surface area contributed by atoms with Crippen LogP contribution >= 0.6 is 11.3 Å². The molecule has 0 saturated heterocycles. The molecular formula is C17H28N2O5S. The molecule has 1 rings (SSSR count). The van der Waals surface area contributed by atoms with Crippen LogP contribution in [0.4, 0.5) is 9.80 Å². The molecule has 1 aromatic heterocycles. The number of ether oxygens (including phenoxy) is 2. The lowest BCUT2D eigenvalue weighted by Crippen LogP contribution is -2.44. The average Bonchev–Trinajstić information content (AvgIpc) is 2.77. The van der Waals surface area contributed by atoms with E-state index in [-0.39, 0.29) is 14.0 Å². The van der Waals surface area contributed by atoms with Crippen LogP contribution in [0.25, 0.3) is 0 Å². The third-order valence-electron chi connectivity index (χ3n) is 2.79. The summed E-state index contributed by atoms with van der Waals surface area (Å²) in [6.45, 7) is 10.5. The third-order valence-corrected chi connectivity index (χ3v) is 3.80. The lowest BCUT2D eigenvalue weighted by atomic mass is 10.2. The Labute approximate surface area is 153 Å². The van der Waals surface area contributed by atoms with Gasteiger partial charge in [-0.25, -0.2) is 14.4 Å². The van der Waals surface area contributed by atoms with Gasteiger partial charge in [0.05, 0.1) is 12.2 Å². The molecule has 1 unspecified atom stereocenters. The molecule has 0 radical (unpaired) electrons. The van der Waals surface area contributed by atoms with E-state index < -0.39 is 29.6 Å². The molecule has 0 fully saturated rings. The molecule has 142 valence electrons. The molecule has 0 bridgehead atoms. The van der Waals surface area contributed by atoms with E-state index in [4.69, 9.17) is 9.47 Å². The van der Waals surface area contributed by atoms with Gasteiger partial charge in [0.2, 0.25) is 0 Å². The molecule has 2 amide bonds. The first-order valence-electron chi connectivity index (χ1n) is 7.60. The highest BCUT2D eigenvalue weighted by atomic mass is 32.1. The summed E-state index contributed by atoms with van der Waals surface area (Å²) < 4.78 is 10.2. The summed E-state index contributed by atoms with van der Waals surface area (Å²) >= 11 is 1.22. The van der Waals surface area contributed by atoms with E-state index in [1.54, 1.807) is 40.0 Å². The Morgan fingerprint density at radius 1 is 1.28 bits per heavy atom. The van der Waals surface area contributed by atoms with E-state index >= 15 is 0 Å². The van der Waals surface area contributed by atoms with Gasteiger partial charge in [-0.3, -0.25) is 5.32 Å². The number of carbonyl (C=O) groups is 3. The standard InChI is InChI=1S/C16H24N2O5S.CH4/c1-7-22-14(20)11-9(2)8-24-12(11)18-15(21)17-10(3)13(19)23-16(4,5)6;/h8,10H,7H2,1-6H3,(H2,17,18,21);1H4. The fraction of sp³-hybridized carbons (Fsp3) is 0.588. The fourth-order valence-electron chi connectivity index (χ4n) is 1.78. The van der Waals surface area contributed by atoms with Gasteiger partial charge in [0.25, 0.3) is 0 Å². The maximum atomic E-state index is 12.1. The van der Waals surface area contributed by atoms with Crippen molar-refractivity contribution >= 4 is 34.3 Å². The van der Waals surface area contributed by atoms with Gasteiger partial charge in [-0.2, -0.15) is 0 Å². The van der Waals surface area contributed by atoms with Gasteiger partial charge in [0, 0.05) is 0 Å². The number of urea groups is 1. The highest BCUT2D eigenvalue weighted by Crippen LogP contribution is 2.28. The van der Waals surface area contributed by atoms with Crippen LogP contribution in [0.3, 0.4) is 0 Å². The number of rotatable bonds is 5. The maximum absolute atomic E-state index is 12.1. The van der Waals surface area contributed by atoms with Crippen molar-refractivity contribution in [3.63, 3.8) is 0 Å². The first kappa shape index (κ1) is 22.9. The Kier molecular flexibility index (Phi) is 8.62. The van der Waals surface area contributed by atoms with Crippen LogP contribution < -0.4 is 10.6 Å². The summed E-state index contributed by atoms with van der Waals surface area (Å²) in [4.78, 5) is 35.9. The molecule has 0 spiro atoms. The molecule has 0 aliphatic rings. The van der Waals surface area contributed by atoms with Crippen LogP contribution in [0, 0.1) is 6.92 Å². The van der Waals surface area contributed by atoms with E-state index in [2.05, 4.69) is 10.6 Å². The van der Waals surface area contributed by atoms with Gasteiger partial charge in [-0.15, -0.1) is 11.3 Å². The molecule has 8 heteroatoms. The van der Waals surface area contributed by atoms with E-state index in [0.717, 1.165) is 0 Å². The predicted molar refractivity (Wildman–Crippen MR) is 99.2 cm³/mol. The zero-order valence-corrected chi connectivity index (χ0v) is 15.6. The summed E-state index contributed by atoms with van der Waals surface area (Å²) in [6.07, 6.45) is 0. The molecule has 0 aliphatic heterocycles. The van der Waals surface area contributed by atoms with Crippen molar-refractivity contribution in [3.05, 3.63) is 16.5 Å². The Morgan fingerprint density at radius 2 is 1.88 bits per heavy atom. The van der Waals surface area contributed by atoms with Crippen LogP contribution in [-0.4, -0.2) is 36.2 Å². The maximum Gasteiger partial charge on any atom is 0.341 e. The van der Waals surface area contributed by atoms with Crippen molar-refractivity contribution in [2.75, 3.05) is 11.9 Å². The van der Waals surface area contributed by atoms with Crippen molar-refractivity contribution in [1.29, 1.82) is 0 Å². The molecule has 0 saturated carbocycles. The van der Waals surface area contributed by atoms with Crippen LogP contribution in [-0.2, 0) is 14.3 Å². The summed E-state index contributed by atoms with van der Waals surface area (Å²) in [5, 5.41) is 7.19. The molecule has 2 N–H and O–H groups in total. The normalized spacial score (nSPS) is 11.8. The second-order valence-corrected chi connectivity index (χ2v) is 7.08. The number of esters is 2. The minimum absolute atomic E-state index is 0. The first-order chi connectivity index (χ1) is 11.0. The lowest BCUT2D eigenvalue weighted by Gasteiger charge is -2.22. The summed E-state index contributed by atoms with van der Waals surface area (Å²) in [5.74, 6) is -1.03. The van der Waals surface area contributed by atoms with Crippen LogP contribution in [0.2, 0.25) is 0 Å². The van der Waals surface area contributed by atoms with Gasteiger partial charge in [0.15, 0.2) is 0 Å². The van der Waals surface area contributed by atoms with Gasteiger partial charge in [-0.1, -0.05) is 7.43 Å². The van der Waals surface area contributed by atoms with Gasteiger partial charge in [0.1, 0.15) is 16.6 Å². The average molecular weight is 372 g/mol. The summed E-state index contributed by atoms with van der Waals surface area (Å²) in [7, 11) is 0. The van der Waals surface area contributed by atoms with E-state index in [1.165, 1.54) is 18.3 Å². The molecular weight excluding hydrogens is 344 g/mol.